The lowest BCUT2D eigenvalue weighted by Gasteiger charge is -2.10. The van der Waals surface area contributed by atoms with Crippen LogP contribution in [0.1, 0.15) is 34.3 Å². The normalized spacial score (nSPS) is 12.3. The Kier molecular flexibility index (Phi) is 6.87. The van der Waals surface area contributed by atoms with Gasteiger partial charge in [0.2, 0.25) is 5.91 Å². The number of rotatable bonds is 8. The van der Waals surface area contributed by atoms with Crippen molar-refractivity contribution in [2.24, 2.45) is 0 Å². The molecule has 1 aliphatic carbocycles. The summed E-state index contributed by atoms with van der Waals surface area (Å²) in [6, 6.07) is 13.3. The molecule has 2 aromatic rings. The molecule has 0 fully saturated rings. The minimum absolute atomic E-state index is 0.108. The zero-order chi connectivity index (χ0) is 19.1. The number of ether oxygens (including phenoxy) is 1. The van der Waals surface area contributed by atoms with Gasteiger partial charge in [-0.1, -0.05) is 22.0 Å². The largest absolute Gasteiger partial charge is 0.492 e. The number of carbonyl (C=O) groups excluding carboxylic acids is 2. The van der Waals surface area contributed by atoms with Gasteiger partial charge in [0.25, 0.3) is 5.91 Å². The van der Waals surface area contributed by atoms with Gasteiger partial charge >= 0.3 is 0 Å². The zero-order valence-electron chi connectivity index (χ0n) is 15.1. The summed E-state index contributed by atoms with van der Waals surface area (Å²) in [5.74, 6) is 0.561. The van der Waals surface area contributed by atoms with Crippen molar-refractivity contribution in [2.75, 3.05) is 19.7 Å². The van der Waals surface area contributed by atoms with Gasteiger partial charge in [0.15, 0.2) is 0 Å². The molecule has 0 bridgehead atoms. The predicted octanol–water partition coefficient (Wildman–Crippen LogP) is 3.25. The molecule has 0 atom stereocenters. The first-order valence-electron chi connectivity index (χ1n) is 9.17. The number of amides is 2. The van der Waals surface area contributed by atoms with Crippen LogP contribution in [0.15, 0.2) is 46.9 Å². The number of aryl methyl sites for hydroxylation is 2. The molecule has 0 saturated carbocycles. The molecule has 1 aliphatic rings. The average molecular weight is 431 g/mol. The predicted molar refractivity (Wildman–Crippen MR) is 108 cm³/mol. The van der Waals surface area contributed by atoms with Gasteiger partial charge in [0, 0.05) is 23.0 Å². The van der Waals surface area contributed by atoms with Crippen LogP contribution in [0.5, 0.6) is 5.75 Å². The van der Waals surface area contributed by atoms with Crippen LogP contribution in [-0.4, -0.2) is 31.5 Å². The maximum absolute atomic E-state index is 12.0. The first-order valence-corrected chi connectivity index (χ1v) is 9.96. The van der Waals surface area contributed by atoms with Gasteiger partial charge in [-0.2, -0.15) is 0 Å². The fourth-order valence-corrected chi connectivity index (χ4v) is 3.34. The lowest BCUT2D eigenvalue weighted by molar-refractivity contribution is -0.121. The number of fused-ring (bicyclic) bond motifs is 1. The first-order chi connectivity index (χ1) is 13.1. The lowest BCUT2D eigenvalue weighted by Crippen LogP contribution is -2.32. The molecule has 2 N–H and O–H groups in total. The van der Waals surface area contributed by atoms with E-state index in [1.54, 1.807) is 12.1 Å². The molecule has 3 rings (SSSR count). The summed E-state index contributed by atoms with van der Waals surface area (Å²) < 4.78 is 6.62. The Hall–Kier alpha value is -2.34. The van der Waals surface area contributed by atoms with E-state index in [-0.39, 0.29) is 18.2 Å². The summed E-state index contributed by atoms with van der Waals surface area (Å²) in [5.41, 5.74) is 3.36. The van der Waals surface area contributed by atoms with E-state index in [9.17, 15) is 9.59 Å². The molecule has 2 aromatic carbocycles. The minimum atomic E-state index is -0.185. The van der Waals surface area contributed by atoms with E-state index in [0.29, 0.717) is 25.3 Å². The van der Waals surface area contributed by atoms with Crippen LogP contribution in [0.4, 0.5) is 0 Å². The molecule has 27 heavy (non-hydrogen) atoms. The van der Waals surface area contributed by atoms with Crippen LogP contribution >= 0.6 is 15.9 Å². The minimum Gasteiger partial charge on any atom is -0.492 e. The summed E-state index contributed by atoms with van der Waals surface area (Å²) in [6.45, 7) is 1.17. The average Bonchev–Trinajstić information content (AvgIpc) is 3.13. The third-order valence-electron chi connectivity index (χ3n) is 4.51. The molecular formula is C21H23BrN2O3. The van der Waals surface area contributed by atoms with Crippen LogP contribution < -0.4 is 15.4 Å². The molecule has 0 saturated heterocycles. The smallest absolute Gasteiger partial charge is 0.251 e. The van der Waals surface area contributed by atoms with Crippen LogP contribution in [0, 0.1) is 0 Å². The zero-order valence-corrected chi connectivity index (χ0v) is 16.7. The Balaban J connectivity index is 1.29. The molecule has 6 heteroatoms. The van der Waals surface area contributed by atoms with Gasteiger partial charge in [-0.15, -0.1) is 0 Å². The van der Waals surface area contributed by atoms with Gasteiger partial charge in [-0.3, -0.25) is 9.59 Å². The SMILES string of the molecule is O=C(CCNC(=O)c1ccc(Br)cc1)NCCOc1ccc2c(c1)CCC2. The molecular weight excluding hydrogens is 408 g/mol. The number of halogens is 1. The molecule has 0 aliphatic heterocycles. The molecule has 0 aromatic heterocycles. The third kappa shape index (κ3) is 5.82. The molecule has 0 heterocycles. The van der Waals surface area contributed by atoms with Gasteiger partial charge < -0.3 is 15.4 Å². The maximum Gasteiger partial charge on any atom is 0.251 e. The van der Waals surface area contributed by atoms with E-state index in [4.69, 9.17) is 4.74 Å². The summed E-state index contributed by atoms with van der Waals surface area (Å²) in [4.78, 5) is 23.8. The summed E-state index contributed by atoms with van der Waals surface area (Å²) >= 11 is 3.33. The second-order valence-corrected chi connectivity index (χ2v) is 7.41. The highest BCUT2D eigenvalue weighted by Gasteiger charge is 2.11. The highest BCUT2D eigenvalue weighted by Crippen LogP contribution is 2.25. The van der Waals surface area contributed by atoms with Gasteiger partial charge in [-0.05, 0) is 66.8 Å². The molecule has 0 radical (unpaired) electrons. The first kappa shape index (κ1) is 19.4. The number of benzene rings is 2. The molecule has 5 nitrogen and oxygen atoms in total. The van der Waals surface area contributed by atoms with Crippen molar-refractivity contribution in [1.29, 1.82) is 0 Å². The summed E-state index contributed by atoms with van der Waals surface area (Å²) in [6.07, 6.45) is 3.73. The Labute approximate surface area is 167 Å². The Morgan fingerprint density at radius 2 is 1.74 bits per heavy atom. The van der Waals surface area contributed by atoms with Crippen molar-refractivity contribution in [3.05, 3.63) is 63.6 Å². The van der Waals surface area contributed by atoms with E-state index in [2.05, 4.69) is 38.7 Å². The van der Waals surface area contributed by atoms with Gasteiger partial charge in [-0.25, -0.2) is 0 Å². The van der Waals surface area contributed by atoms with Gasteiger partial charge in [0.05, 0.1) is 6.54 Å². The molecule has 0 spiro atoms. The quantitative estimate of drug-likeness (QED) is 0.631. The monoisotopic (exact) mass is 430 g/mol. The summed E-state index contributed by atoms with van der Waals surface area (Å²) in [5, 5.41) is 5.55. The maximum atomic E-state index is 12.0. The van der Waals surface area contributed by atoms with Crippen LogP contribution in [0.25, 0.3) is 0 Å². The number of hydrogen-bond donors (Lipinski definition) is 2. The van der Waals surface area contributed by atoms with Crippen molar-refractivity contribution < 1.29 is 14.3 Å². The number of nitrogens with one attached hydrogen (secondary N) is 2. The number of carbonyl (C=O) groups is 2. The topological polar surface area (TPSA) is 67.4 Å². The fourth-order valence-electron chi connectivity index (χ4n) is 3.08. The van der Waals surface area contributed by atoms with Crippen molar-refractivity contribution >= 4 is 27.7 Å². The van der Waals surface area contributed by atoms with E-state index in [1.807, 2.05) is 18.2 Å². The Morgan fingerprint density at radius 3 is 2.56 bits per heavy atom. The highest BCUT2D eigenvalue weighted by molar-refractivity contribution is 9.10. The van der Waals surface area contributed by atoms with Crippen molar-refractivity contribution in [2.45, 2.75) is 25.7 Å². The van der Waals surface area contributed by atoms with Crippen molar-refractivity contribution in [3.63, 3.8) is 0 Å². The third-order valence-corrected chi connectivity index (χ3v) is 5.04. The lowest BCUT2D eigenvalue weighted by atomic mass is 10.1. The molecule has 142 valence electrons. The second kappa shape index (κ2) is 9.55. The van der Waals surface area contributed by atoms with E-state index >= 15 is 0 Å². The van der Waals surface area contributed by atoms with Crippen molar-refractivity contribution in [1.82, 2.24) is 10.6 Å². The van der Waals surface area contributed by atoms with E-state index < -0.39 is 0 Å². The summed E-state index contributed by atoms with van der Waals surface area (Å²) in [7, 11) is 0. The van der Waals surface area contributed by atoms with E-state index in [1.165, 1.54) is 17.5 Å². The van der Waals surface area contributed by atoms with Gasteiger partial charge in [0.1, 0.15) is 12.4 Å². The van der Waals surface area contributed by atoms with Crippen LogP contribution in [0.3, 0.4) is 0 Å². The van der Waals surface area contributed by atoms with Crippen LogP contribution in [0.2, 0.25) is 0 Å². The number of hydrogen-bond acceptors (Lipinski definition) is 3. The molecule has 2 amide bonds. The van der Waals surface area contributed by atoms with E-state index in [0.717, 1.165) is 23.1 Å². The Morgan fingerprint density at radius 1 is 0.963 bits per heavy atom. The Bertz CT molecular complexity index is 806. The van der Waals surface area contributed by atoms with Crippen molar-refractivity contribution in [3.8, 4) is 5.75 Å². The van der Waals surface area contributed by atoms with Crippen LogP contribution in [-0.2, 0) is 17.6 Å². The second-order valence-electron chi connectivity index (χ2n) is 6.50. The molecule has 0 unspecified atom stereocenters. The standard InChI is InChI=1S/C21H23BrN2O3/c22-18-7-4-16(5-8-18)21(26)24-11-10-20(25)23-12-13-27-19-9-6-15-2-1-3-17(15)14-19/h4-9,14H,1-3,10-13H2,(H,23,25)(H,24,26). The fraction of sp³-hybridized carbons (Fsp3) is 0.333. The highest BCUT2D eigenvalue weighted by atomic mass is 79.9.